The third kappa shape index (κ3) is 3.20. The van der Waals surface area contributed by atoms with Crippen LogP contribution in [0.3, 0.4) is 0 Å². The lowest BCUT2D eigenvalue weighted by Gasteiger charge is -2.07. The van der Waals surface area contributed by atoms with E-state index < -0.39 is 12.0 Å². The van der Waals surface area contributed by atoms with Crippen LogP contribution in [-0.2, 0) is 17.8 Å². The van der Waals surface area contributed by atoms with Gasteiger partial charge in [-0.2, -0.15) is 5.10 Å². The molecule has 3 N–H and O–H groups in total. The number of nitrogens with two attached hydrogens (primary N) is 1. The van der Waals surface area contributed by atoms with Gasteiger partial charge in [0.2, 0.25) is 0 Å². The monoisotopic (exact) mass is 259 g/mol. The number of hydrogen-bond acceptors (Lipinski definition) is 3. The number of hydrogen-bond donors (Lipinski definition) is 2. The standard InChI is InChI=1S/C14H17N3O2/c1-10-12(7-13(15)14(18)19)8-16-17(10)9-11-5-3-2-4-6-11/h2-6,8,13H,7,9,15H2,1H3,(H,18,19). The predicted octanol–water partition coefficient (Wildman–Crippen LogP) is 1.19. The Morgan fingerprint density at radius 1 is 1.42 bits per heavy atom. The number of nitrogens with zero attached hydrogens (tertiary/aromatic N) is 2. The van der Waals surface area contributed by atoms with Gasteiger partial charge in [0.1, 0.15) is 6.04 Å². The quantitative estimate of drug-likeness (QED) is 0.845. The van der Waals surface area contributed by atoms with E-state index in [1.807, 2.05) is 41.9 Å². The van der Waals surface area contributed by atoms with Crippen molar-refractivity contribution in [3.05, 3.63) is 53.3 Å². The number of benzene rings is 1. The predicted molar refractivity (Wildman–Crippen MR) is 71.8 cm³/mol. The molecule has 0 aliphatic heterocycles. The van der Waals surface area contributed by atoms with Crippen LogP contribution in [0.4, 0.5) is 0 Å². The third-order valence-corrected chi connectivity index (χ3v) is 3.14. The maximum Gasteiger partial charge on any atom is 0.320 e. The average molecular weight is 259 g/mol. The molecule has 0 saturated heterocycles. The molecule has 1 heterocycles. The van der Waals surface area contributed by atoms with Crippen molar-refractivity contribution in [1.82, 2.24) is 9.78 Å². The van der Waals surface area contributed by atoms with Gasteiger partial charge in [-0.3, -0.25) is 9.48 Å². The summed E-state index contributed by atoms with van der Waals surface area (Å²) in [4.78, 5) is 10.8. The van der Waals surface area contributed by atoms with Crippen LogP contribution < -0.4 is 5.73 Å². The topological polar surface area (TPSA) is 81.1 Å². The lowest BCUT2D eigenvalue weighted by Crippen LogP contribution is -2.32. The number of carbonyl (C=O) groups is 1. The van der Waals surface area contributed by atoms with Crippen molar-refractivity contribution in [2.75, 3.05) is 0 Å². The summed E-state index contributed by atoms with van der Waals surface area (Å²) in [7, 11) is 0. The summed E-state index contributed by atoms with van der Waals surface area (Å²) in [5.74, 6) is -0.991. The fourth-order valence-corrected chi connectivity index (χ4v) is 1.93. The molecule has 0 saturated carbocycles. The van der Waals surface area contributed by atoms with E-state index in [1.165, 1.54) is 0 Å². The van der Waals surface area contributed by atoms with Crippen molar-refractivity contribution < 1.29 is 9.90 Å². The largest absolute Gasteiger partial charge is 0.480 e. The zero-order valence-electron chi connectivity index (χ0n) is 10.8. The van der Waals surface area contributed by atoms with Crippen LogP contribution in [0, 0.1) is 6.92 Å². The van der Waals surface area contributed by atoms with Crippen molar-refractivity contribution in [1.29, 1.82) is 0 Å². The number of carboxylic acids is 1. The fourth-order valence-electron chi connectivity index (χ4n) is 1.93. The molecule has 1 unspecified atom stereocenters. The highest BCUT2D eigenvalue weighted by Crippen LogP contribution is 2.11. The summed E-state index contributed by atoms with van der Waals surface area (Å²) >= 11 is 0. The van der Waals surface area contributed by atoms with Crippen molar-refractivity contribution in [3.63, 3.8) is 0 Å². The third-order valence-electron chi connectivity index (χ3n) is 3.14. The molecule has 5 nitrogen and oxygen atoms in total. The smallest absolute Gasteiger partial charge is 0.320 e. The second-order valence-corrected chi connectivity index (χ2v) is 4.55. The Bertz CT molecular complexity index is 563. The van der Waals surface area contributed by atoms with Crippen LogP contribution in [0.2, 0.25) is 0 Å². The minimum atomic E-state index is -0.991. The first-order chi connectivity index (χ1) is 9.08. The zero-order valence-corrected chi connectivity index (χ0v) is 10.8. The molecule has 5 heteroatoms. The maximum atomic E-state index is 10.8. The van der Waals surface area contributed by atoms with Crippen LogP contribution in [0.15, 0.2) is 36.5 Å². The van der Waals surface area contributed by atoms with Crippen LogP contribution in [-0.4, -0.2) is 26.9 Å². The molecule has 0 fully saturated rings. The molecule has 0 aliphatic carbocycles. The first-order valence-corrected chi connectivity index (χ1v) is 6.11. The Kier molecular flexibility index (Phi) is 3.97. The lowest BCUT2D eigenvalue weighted by atomic mass is 10.1. The normalized spacial score (nSPS) is 12.3. The summed E-state index contributed by atoms with van der Waals surface area (Å²) in [6.45, 7) is 2.61. The summed E-state index contributed by atoms with van der Waals surface area (Å²) in [5, 5.41) is 13.1. The fraction of sp³-hybridized carbons (Fsp3) is 0.286. The van der Waals surface area contributed by atoms with E-state index in [4.69, 9.17) is 10.8 Å². The molecule has 0 bridgehead atoms. The van der Waals surface area contributed by atoms with E-state index in [1.54, 1.807) is 6.20 Å². The maximum absolute atomic E-state index is 10.8. The average Bonchev–Trinajstić information content (AvgIpc) is 2.73. The van der Waals surface area contributed by atoms with Gasteiger partial charge in [-0.25, -0.2) is 0 Å². The number of carboxylic acid groups (broad SMARTS) is 1. The Labute approximate surface area is 111 Å². The molecule has 19 heavy (non-hydrogen) atoms. The van der Waals surface area contributed by atoms with Crippen molar-refractivity contribution >= 4 is 5.97 Å². The SMILES string of the molecule is Cc1c(CC(N)C(=O)O)cnn1Cc1ccccc1. The first kappa shape index (κ1) is 13.3. The van der Waals surface area contributed by atoms with Crippen LogP contribution in [0.1, 0.15) is 16.8 Å². The molecule has 2 aromatic rings. The van der Waals surface area contributed by atoms with Gasteiger partial charge >= 0.3 is 5.97 Å². The Morgan fingerprint density at radius 2 is 2.11 bits per heavy atom. The lowest BCUT2D eigenvalue weighted by molar-refractivity contribution is -0.138. The molecular formula is C14H17N3O2. The van der Waals surface area contributed by atoms with E-state index in [0.717, 1.165) is 16.8 Å². The summed E-state index contributed by atoms with van der Waals surface area (Å²) < 4.78 is 1.86. The van der Waals surface area contributed by atoms with Gasteiger partial charge in [-0.05, 0) is 18.1 Å². The second kappa shape index (κ2) is 5.67. The Balaban J connectivity index is 2.12. The van der Waals surface area contributed by atoms with E-state index >= 15 is 0 Å². The van der Waals surface area contributed by atoms with E-state index in [0.29, 0.717) is 13.0 Å². The van der Waals surface area contributed by atoms with E-state index in [2.05, 4.69) is 5.10 Å². The highest BCUT2D eigenvalue weighted by atomic mass is 16.4. The van der Waals surface area contributed by atoms with Gasteiger partial charge in [0.05, 0.1) is 12.7 Å². The molecule has 0 amide bonds. The molecule has 1 atom stereocenters. The van der Waals surface area contributed by atoms with Crippen molar-refractivity contribution in [3.8, 4) is 0 Å². The summed E-state index contributed by atoms with van der Waals surface area (Å²) in [6.07, 6.45) is 2.00. The van der Waals surface area contributed by atoms with E-state index in [-0.39, 0.29) is 0 Å². The summed E-state index contributed by atoms with van der Waals surface area (Å²) in [5.41, 5.74) is 8.54. The van der Waals surface area contributed by atoms with Gasteiger partial charge in [0.25, 0.3) is 0 Å². The van der Waals surface area contributed by atoms with Crippen molar-refractivity contribution in [2.45, 2.75) is 25.9 Å². The molecule has 0 aliphatic rings. The van der Waals surface area contributed by atoms with E-state index in [9.17, 15) is 4.79 Å². The Morgan fingerprint density at radius 3 is 2.74 bits per heavy atom. The molecule has 0 spiro atoms. The van der Waals surface area contributed by atoms with Crippen LogP contribution in [0.25, 0.3) is 0 Å². The minimum Gasteiger partial charge on any atom is -0.480 e. The number of rotatable bonds is 5. The second-order valence-electron chi connectivity index (χ2n) is 4.55. The number of aliphatic carboxylic acids is 1. The Hall–Kier alpha value is -2.14. The van der Waals surface area contributed by atoms with Crippen molar-refractivity contribution in [2.24, 2.45) is 5.73 Å². The molecule has 1 aromatic carbocycles. The summed E-state index contributed by atoms with van der Waals surface area (Å²) in [6, 6.07) is 9.11. The van der Waals surface area contributed by atoms with Gasteiger partial charge in [-0.1, -0.05) is 30.3 Å². The molecule has 0 radical (unpaired) electrons. The van der Waals surface area contributed by atoms with Gasteiger partial charge in [0.15, 0.2) is 0 Å². The van der Waals surface area contributed by atoms with Crippen LogP contribution in [0.5, 0.6) is 0 Å². The highest BCUT2D eigenvalue weighted by Gasteiger charge is 2.15. The first-order valence-electron chi connectivity index (χ1n) is 6.11. The molecule has 100 valence electrons. The zero-order chi connectivity index (χ0) is 13.8. The number of aromatic nitrogens is 2. The van der Waals surface area contributed by atoms with Crippen LogP contribution >= 0.6 is 0 Å². The highest BCUT2D eigenvalue weighted by molar-refractivity contribution is 5.73. The minimum absolute atomic E-state index is 0.302. The van der Waals surface area contributed by atoms with Gasteiger partial charge < -0.3 is 10.8 Å². The molecule has 1 aromatic heterocycles. The van der Waals surface area contributed by atoms with Gasteiger partial charge in [0, 0.05) is 12.1 Å². The van der Waals surface area contributed by atoms with Gasteiger partial charge in [-0.15, -0.1) is 0 Å². The molecule has 2 rings (SSSR count). The molecular weight excluding hydrogens is 242 g/mol.